The zero-order valence-electron chi connectivity index (χ0n) is 8.95. The Labute approximate surface area is 90.1 Å². The summed E-state index contributed by atoms with van der Waals surface area (Å²) in [4.78, 5) is 1.33. The molecule has 0 spiro atoms. The van der Waals surface area contributed by atoms with E-state index >= 15 is 0 Å². The lowest BCUT2D eigenvalue weighted by Gasteiger charge is -2.11. The molecule has 2 nitrogen and oxygen atoms in total. The van der Waals surface area contributed by atoms with Gasteiger partial charge in [0.25, 0.3) is 0 Å². The molecule has 1 aromatic heterocycles. The summed E-state index contributed by atoms with van der Waals surface area (Å²) >= 11 is 1.76. The van der Waals surface area contributed by atoms with Gasteiger partial charge in [-0.25, -0.2) is 0 Å². The van der Waals surface area contributed by atoms with E-state index in [1.807, 2.05) is 0 Å². The van der Waals surface area contributed by atoms with Gasteiger partial charge in [0.2, 0.25) is 0 Å². The summed E-state index contributed by atoms with van der Waals surface area (Å²) in [7, 11) is 0. The molecule has 0 aliphatic carbocycles. The van der Waals surface area contributed by atoms with Crippen LogP contribution in [0.3, 0.4) is 0 Å². The molecule has 0 amide bonds. The van der Waals surface area contributed by atoms with Crippen LogP contribution in [0.2, 0.25) is 0 Å². The molecule has 1 aromatic rings. The molecule has 0 fully saturated rings. The minimum atomic E-state index is 0.137. The van der Waals surface area contributed by atoms with Crippen LogP contribution >= 0.6 is 11.3 Å². The Bertz CT molecular complexity index is 260. The summed E-state index contributed by atoms with van der Waals surface area (Å²) in [5.74, 6) is 0. The molecule has 0 saturated heterocycles. The quantitative estimate of drug-likeness (QED) is 0.737. The zero-order valence-corrected chi connectivity index (χ0v) is 9.77. The second-order valence-electron chi connectivity index (χ2n) is 3.44. The van der Waals surface area contributed by atoms with E-state index in [2.05, 4.69) is 25.3 Å². The maximum absolute atomic E-state index is 6.05. The Morgan fingerprint density at radius 1 is 1.50 bits per heavy atom. The molecule has 1 rings (SSSR count). The Kier molecular flexibility index (Phi) is 5.15. The Morgan fingerprint density at radius 3 is 2.86 bits per heavy atom. The summed E-state index contributed by atoms with van der Waals surface area (Å²) in [6.07, 6.45) is 1.99. The Hall–Kier alpha value is -0.380. The number of ether oxygens (including phenoxy) is 1. The first-order chi connectivity index (χ1) is 6.75. The van der Waals surface area contributed by atoms with E-state index in [1.165, 1.54) is 10.4 Å². The highest BCUT2D eigenvalue weighted by atomic mass is 32.1. The third kappa shape index (κ3) is 3.40. The monoisotopic (exact) mass is 213 g/mol. The first-order valence-electron chi connectivity index (χ1n) is 5.13. The van der Waals surface area contributed by atoms with Crippen molar-refractivity contribution in [3.63, 3.8) is 0 Å². The van der Waals surface area contributed by atoms with E-state index < -0.39 is 0 Å². The van der Waals surface area contributed by atoms with E-state index in [1.54, 1.807) is 11.3 Å². The second-order valence-corrected chi connectivity index (χ2v) is 4.56. The van der Waals surface area contributed by atoms with E-state index in [0.717, 1.165) is 26.1 Å². The number of nitrogens with two attached hydrogens (primary N) is 1. The highest BCUT2D eigenvalue weighted by Crippen LogP contribution is 2.22. The number of aryl methyl sites for hydroxylation is 1. The molecule has 0 aliphatic rings. The average Bonchev–Trinajstić information content (AvgIpc) is 2.59. The maximum Gasteiger partial charge on any atom is 0.0484 e. The summed E-state index contributed by atoms with van der Waals surface area (Å²) in [6, 6.07) is 2.25. The number of hydrogen-bond donors (Lipinski definition) is 1. The molecule has 1 heterocycles. The van der Waals surface area contributed by atoms with Gasteiger partial charge in [-0.1, -0.05) is 6.92 Å². The van der Waals surface area contributed by atoms with Crippen molar-refractivity contribution in [2.45, 2.75) is 32.7 Å². The molecule has 1 atom stereocenters. The smallest absolute Gasteiger partial charge is 0.0484 e. The van der Waals surface area contributed by atoms with Crippen LogP contribution in [0.5, 0.6) is 0 Å². The largest absolute Gasteiger partial charge is 0.381 e. The van der Waals surface area contributed by atoms with Crippen molar-refractivity contribution in [3.8, 4) is 0 Å². The van der Waals surface area contributed by atoms with Crippen molar-refractivity contribution in [2.75, 3.05) is 13.2 Å². The molecule has 0 aliphatic heterocycles. The van der Waals surface area contributed by atoms with Crippen LogP contribution in [0.15, 0.2) is 11.4 Å². The van der Waals surface area contributed by atoms with E-state index in [0.29, 0.717) is 0 Å². The standard InChI is InChI=1S/C11H19NOS/c1-3-6-13-7-4-11(12)10-5-8-14-9(10)2/h5,8,11H,3-4,6-7,12H2,1-2H3. The summed E-state index contributed by atoms with van der Waals surface area (Å²) in [5, 5.41) is 2.09. The molecule has 1 unspecified atom stereocenters. The Balaban J connectivity index is 2.28. The molecule has 14 heavy (non-hydrogen) atoms. The van der Waals surface area contributed by atoms with Crippen LogP contribution in [0, 0.1) is 6.92 Å². The van der Waals surface area contributed by atoms with Crippen molar-refractivity contribution >= 4 is 11.3 Å². The highest BCUT2D eigenvalue weighted by molar-refractivity contribution is 7.10. The van der Waals surface area contributed by atoms with Gasteiger partial charge in [-0.15, -0.1) is 11.3 Å². The van der Waals surface area contributed by atoms with Crippen LogP contribution < -0.4 is 5.73 Å². The molecule has 2 N–H and O–H groups in total. The van der Waals surface area contributed by atoms with Crippen molar-refractivity contribution in [1.82, 2.24) is 0 Å². The SMILES string of the molecule is CCCOCCC(N)c1ccsc1C. The maximum atomic E-state index is 6.05. The fourth-order valence-electron chi connectivity index (χ4n) is 1.39. The van der Waals surface area contributed by atoms with Gasteiger partial charge in [0.05, 0.1) is 0 Å². The van der Waals surface area contributed by atoms with Gasteiger partial charge in [-0.05, 0) is 36.8 Å². The van der Waals surface area contributed by atoms with Gasteiger partial charge in [0.1, 0.15) is 0 Å². The highest BCUT2D eigenvalue weighted by Gasteiger charge is 2.09. The van der Waals surface area contributed by atoms with Crippen LogP contribution in [-0.4, -0.2) is 13.2 Å². The lowest BCUT2D eigenvalue weighted by atomic mass is 10.1. The number of rotatable bonds is 6. The minimum absolute atomic E-state index is 0.137. The van der Waals surface area contributed by atoms with Crippen LogP contribution in [0.25, 0.3) is 0 Å². The predicted molar refractivity (Wildman–Crippen MR) is 61.7 cm³/mol. The van der Waals surface area contributed by atoms with E-state index in [4.69, 9.17) is 10.5 Å². The van der Waals surface area contributed by atoms with E-state index in [-0.39, 0.29) is 6.04 Å². The van der Waals surface area contributed by atoms with Crippen LogP contribution in [0.4, 0.5) is 0 Å². The fourth-order valence-corrected chi connectivity index (χ4v) is 2.17. The first kappa shape index (κ1) is 11.7. The van der Waals surface area contributed by atoms with Gasteiger partial charge >= 0.3 is 0 Å². The average molecular weight is 213 g/mol. The lowest BCUT2D eigenvalue weighted by Crippen LogP contribution is -2.13. The molecular weight excluding hydrogens is 194 g/mol. The number of thiophene rings is 1. The summed E-state index contributed by atoms with van der Waals surface area (Å²) in [5.41, 5.74) is 7.32. The molecular formula is C11H19NOS. The van der Waals surface area contributed by atoms with Gasteiger partial charge in [0.15, 0.2) is 0 Å². The topological polar surface area (TPSA) is 35.2 Å². The predicted octanol–water partition coefficient (Wildman–Crippen LogP) is 2.87. The molecule has 0 bridgehead atoms. The molecule has 0 saturated carbocycles. The van der Waals surface area contributed by atoms with Crippen molar-refractivity contribution in [3.05, 3.63) is 21.9 Å². The third-order valence-electron chi connectivity index (χ3n) is 2.22. The molecule has 3 heteroatoms. The van der Waals surface area contributed by atoms with Gasteiger partial charge < -0.3 is 10.5 Å². The third-order valence-corrected chi connectivity index (χ3v) is 3.08. The summed E-state index contributed by atoms with van der Waals surface area (Å²) in [6.45, 7) is 5.84. The zero-order chi connectivity index (χ0) is 10.4. The lowest BCUT2D eigenvalue weighted by molar-refractivity contribution is 0.128. The molecule has 0 radical (unpaired) electrons. The van der Waals surface area contributed by atoms with Gasteiger partial charge in [-0.2, -0.15) is 0 Å². The van der Waals surface area contributed by atoms with Crippen LogP contribution in [-0.2, 0) is 4.74 Å². The second kappa shape index (κ2) is 6.17. The van der Waals surface area contributed by atoms with Crippen molar-refractivity contribution in [1.29, 1.82) is 0 Å². The normalized spacial score (nSPS) is 13.1. The number of hydrogen-bond acceptors (Lipinski definition) is 3. The minimum Gasteiger partial charge on any atom is -0.381 e. The van der Waals surface area contributed by atoms with Crippen molar-refractivity contribution < 1.29 is 4.74 Å². The van der Waals surface area contributed by atoms with E-state index in [9.17, 15) is 0 Å². The van der Waals surface area contributed by atoms with Crippen LogP contribution in [0.1, 0.15) is 36.2 Å². The Morgan fingerprint density at radius 2 is 2.29 bits per heavy atom. The fraction of sp³-hybridized carbons (Fsp3) is 0.636. The van der Waals surface area contributed by atoms with Crippen molar-refractivity contribution in [2.24, 2.45) is 5.73 Å². The molecule has 80 valence electrons. The molecule has 0 aromatic carbocycles. The first-order valence-corrected chi connectivity index (χ1v) is 6.01. The van der Waals surface area contributed by atoms with Gasteiger partial charge in [-0.3, -0.25) is 0 Å². The summed E-state index contributed by atoms with van der Waals surface area (Å²) < 4.78 is 5.41. The van der Waals surface area contributed by atoms with Gasteiger partial charge in [0, 0.05) is 24.1 Å².